The molecule has 6 heteroatoms. The molecule has 180 valence electrons. The second-order valence-electron chi connectivity index (χ2n) is 8.60. The van der Waals surface area contributed by atoms with E-state index in [9.17, 15) is 4.79 Å². The van der Waals surface area contributed by atoms with Gasteiger partial charge in [0.1, 0.15) is 12.2 Å². The summed E-state index contributed by atoms with van der Waals surface area (Å²) in [5.74, 6) is 0.817. The Morgan fingerprint density at radius 2 is 1.60 bits per heavy atom. The van der Waals surface area contributed by atoms with E-state index in [0.29, 0.717) is 17.9 Å². The lowest BCUT2D eigenvalue weighted by Gasteiger charge is -2.18. The maximum Gasteiger partial charge on any atom is 0.331 e. The fourth-order valence-corrected chi connectivity index (χ4v) is 4.61. The quantitative estimate of drug-likeness (QED) is 0.331. The van der Waals surface area contributed by atoms with Crippen LogP contribution in [0.4, 0.5) is 0 Å². The third-order valence-electron chi connectivity index (χ3n) is 6.42. The van der Waals surface area contributed by atoms with E-state index >= 15 is 0 Å². The molecule has 1 saturated heterocycles. The van der Waals surface area contributed by atoms with E-state index in [1.165, 1.54) is 6.08 Å². The van der Waals surface area contributed by atoms with Crippen LogP contribution in [0, 0.1) is 0 Å². The molecule has 0 N–H and O–H groups in total. The number of esters is 1. The zero-order valence-corrected chi connectivity index (χ0v) is 19.8. The predicted octanol–water partition coefficient (Wildman–Crippen LogP) is 5.57. The second-order valence-corrected chi connectivity index (χ2v) is 8.60. The lowest BCUT2D eigenvalue weighted by atomic mass is 10.0. The fraction of sp³-hybridized carbons (Fsp3) is 0.276. The first kappa shape index (κ1) is 23.1. The van der Waals surface area contributed by atoms with Crippen molar-refractivity contribution < 1.29 is 28.5 Å². The van der Waals surface area contributed by atoms with Crippen LogP contribution in [0.5, 0.6) is 11.5 Å². The van der Waals surface area contributed by atoms with Gasteiger partial charge in [0.2, 0.25) is 0 Å². The molecule has 0 amide bonds. The van der Waals surface area contributed by atoms with Crippen molar-refractivity contribution in [3.05, 3.63) is 90.0 Å². The summed E-state index contributed by atoms with van der Waals surface area (Å²) >= 11 is 0. The number of hydrogen-bond acceptors (Lipinski definition) is 6. The Morgan fingerprint density at radius 3 is 2.34 bits per heavy atom. The van der Waals surface area contributed by atoms with Gasteiger partial charge in [0, 0.05) is 11.6 Å². The van der Waals surface area contributed by atoms with Crippen LogP contribution in [0.3, 0.4) is 0 Å². The molecule has 1 heterocycles. The molecule has 1 saturated carbocycles. The molecule has 5 rings (SSSR count). The van der Waals surface area contributed by atoms with Crippen molar-refractivity contribution >= 4 is 12.0 Å². The highest BCUT2D eigenvalue weighted by Crippen LogP contribution is 2.41. The van der Waals surface area contributed by atoms with E-state index < -0.39 is 12.3 Å². The van der Waals surface area contributed by atoms with Crippen LogP contribution in [0.1, 0.15) is 30.3 Å². The highest BCUT2D eigenvalue weighted by molar-refractivity contribution is 5.87. The average Bonchev–Trinajstić information content (AvgIpc) is 3.50. The summed E-state index contributed by atoms with van der Waals surface area (Å²) < 4.78 is 28.6. The van der Waals surface area contributed by atoms with Crippen molar-refractivity contribution in [2.24, 2.45) is 0 Å². The van der Waals surface area contributed by atoms with Gasteiger partial charge in [0.05, 0.1) is 20.3 Å². The lowest BCUT2D eigenvalue weighted by molar-refractivity contribution is -0.151. The number of hydrogen-bond donors (Lipinski definition) is 0. The molecule has 1 aliphatic heterocycles. The lowest BCUT2D eigenvalue weighted by Crippen LogP contribution is -2.30. The summed E-state index contributed by atoms with van der Waals surface area (Å²) in [4.78, 5) is 12.5. The summed E-state index contributed by atoms with van der Waals surface area (Å²) in [6.07, 6.45) is 3.47. The first-order valence-corrected chi connectivity index (χ1v) is 11.7. The van der Waals surface area contributed by atoms with Crippen LogP contribution in [0.25, 0.3) is 17.2 Å². The molecule has 3 aromatic carbocycles. The first-order chi connectivity index (χ1) is 17.1. The number of carbonyl (C=O) groups excluding carboxylic acids is 1. The van der Waals surface area contributed by atoms with E-state index in [1.807, 2.05) is 36.4 Å². The van der Waals surface area contributed by atoms with Gasteiger partial charge in [0.15, 0.2) is 17.8 Å². The molecule has 2 aliphatic rings. The fourth-order valence-electron chi connectivity index (χ4n) is 4.61. The van der Waals surface area contributed by atoms with Gasteiger partial charge >= 0.3 is 5.97 Å². The van der Waals surface area contributed by atoms with Gasteiger partial charge in [-0.05, 0) is 47.7 Å². The minimum atomic E-state index is -0.460. The van der Waals surface area contributed by atoms with Gasteiger partial charge in [-0.2, -0.15) is 0 Å². The number of methoxy groups -OCH3 is 2. The molecule has 4 unspecified atom stereocenters. The molecular formula is C29H28O6. The van der Waals surface area contributed by atoms with Crippen molar-refractivity contribution in [2.45, 2.75) is 37.4 Å². The molecule has 0 radical (unpaired) electrons. The average molecular weight is 473 g/mol. The summed E-state index contributed by atoms with van der Waals surface area (Å²) in [5.41, 5.74) is 4.07. The summed E-state index contributed by atoms with van der Waals surface area (Å²) in [6, 6.07) is 23.9. The molecule has 4 atom stereocenters. The van der Waals surface area contributed by atoms with Crippen LogP contribution in [-0.4, -0.2) is 38.5 Å². The summed E-state index contributed by atoms with van der Waals surface area (Å²) in [7, 11) is 3.16. The normalized spacial score (nSPS) is 23.3. The Bertz CT molecular complexity index is 1190. The predicted molar refractivity (Wildman–Crippen MR) is 132 cm³/mol. The van der Waals surface area contributed by atoms with E-state index in [-0.39, 0.29) is 18.3 Å². The van der Waals surface area contributed by atoms with Gasteiger partial charge in [-0.1, -0.05) is 60.7 Å². The van der Waals surface area contributed by atoms with Crippen molar-refractivity contribution in [1.82, 2.24) is 0 Å². The molecule has 1 aliphatic carbocycles. The number of ether oxygens (including phenoxy) is 5. The number of fused-ring (bicyclic) bond motifs is 1. The zero-order chi connectivity index (χ0) is 24.2. The molecule has 0 spiro atoms. The van der Waals surface area contributed by atoms with E-state index in [2.05, 4.69) is 24.3 Å². The van der Waals surface area contributed by atoms with Crippen LogP contribution < -0.4 is 9.47 Å². The Morgan fingerprint density at radius 1 is 0.857 bits per heavy atom. The third kappa shape index (κ3) is 5.09. The largest absolute Gasteiger partial charge is 0.493 e. The van der Waals surface area contributed by atoms with Crippen molar-refractivity contribution in [3.8, 4) is 22.6 Å². The zero-order valence-electron chi connectivity index (χ0n) is 19.8. The molecule has 2 fully saturated rings. The number of carbonyl (C=O) groups is 1. The third-order valence-corrected chi connectivity index (χ3v) is 6.42. The van der Waals surface area contributed by atoms with Crippen molar-refractivity contribution in [3.63, 3.8) is 0 Å². The molecular weight excluding hydrogens is 444 g/mol. The molecule has 3 aromatic rings. The molecule has 6 nitrogen and oxygen atoms in total. The smallest absolute Gasteiger partial charge is 0.331 e. The Labute approximate surface area is 205 Å². The summed E-state index contributed by atoms with van der Waals surface area (Å²) in [6.45, 7) is 0. The van der Waals surface area contributed by atoms with E-state index in [1.54, 1.807) is 32.4 Å². The Balaban J connectivity index is 1.19. The van der Waals surface area contributed by atoms with Crippen LogP contribution in [-0.2, 0) is 19.0 Å². The number of benzene rings is 3. The van der Waals surface area contributed by atoms with Crippen LogP contribution in [0.15, 0.2) is 78.9 Å². The monoisotopic (exact) mass is 472 g/mol. The van der Waals surface area contributed by atoms with Gasteiger partial charge < -0.3 is 23.7 Å². The SMILES string of the molecule is COc1ccc(C=CC(=O)OC2CCC3OC(c4ccc(-c5ccccc5)cc4)OC23)cc1OC. The van der Waals surface area contributed by atoms with Crippen molar-refractivity contribution in [1.29, 1.82) is 0 Å². The van der Waals surface area contributed by atoms with Gasteiger partial charge in [-0.15, -0.1) is 0 Å². The highest BCUT2D eigenvalue weighted by atomic mass is 16.7. The van der Waals surface area contributed by atoms with Gasteiger partial charge in [-0.3, -0.25) is 0 Å². The molecule has 0 bridgehead atoms. The van der Waals surface area contributed by atoms with Crippen LogP contribution >= 0.6 is 0 Å². The maximum absolute atomic E-state index is 12.5. The standard InChI is InChI=1S/C29H28O6/c1-31-23-14-8-19(18-26(23)32-2)9-17-27(30)33-24-15-16-25-28(24)35-29(34-25)22-12-10-21(11-13-22)20-6-4-3-5-7-20/h3-14,17-18,24-25,28-29H,15-16H2,1-2H3. The Kier molecular flexibility index (Phi) is 6.84. The molecule has 0 aromatic heterocycles. The Hall–Kier alpha value is -3.61. The maximum atomic E-state index is 12.5. The topological polar surface area (TPSA) is 63.2 Å². The highest BCUT2D eigenvalue weighted by Gasteiger charge is 2.47. The van der Waals surface area contributed by atoms with Crippen molar-refractivity contribution in [2.75, 3.05) is 14.2 Å². The van der Waals surface area contributed by atoms with Gasteiger partial charge in [0.25, 0.3) is 0 Å². The summed E-state index contributed by atoms with van der Waals surface area (Å²) in [5, 5.41) is 0. The minimum absolute atomic E-state index is 0.0820. The first-order valence-electron chi connectivity index (χ1n) is 11.7. The van der Waals surface area contributed by atoms with Crippen LogP contribution in [0.2, 0.25) is 0 Å². The second kappa shape index (κ2) is 10.3. The van der Waals surface area contributed by atoms with Gasteiger partial charge in [-0.25, -0.2) is 4.79 Å². The number of rotatable bonds is 7. The minimum Gasteiger partial charge on any atom is -0.493 e. The van der Waals surface area contributed by atoms with E-state index in [0.717, 1.165) is 28.7 Å². The van der Waals surface area contributed by atoms with E-state index in [4.69, 9.17) is 23.7 Å². The molecule has 35 heavy (non-hydrogen) atoms.